The van der Waals surface area contributed by atoms with Crippen molar-refractivity contribution in [3.8, 4) is 0 Å². The van der Waals surface area contributed by atoms with Gasteiger partial charge in [-0.1, -0.05) is 6.42 Å². The van der Waals surface area contributed by atoms with Gasteiger partial charge in [0.1, 0.15) is 5.69 Å². The van der Waals surface area contributed by atoms with E-state index < -0.39 is 21.0 Å². The van der Waals surface area contributed by atoms with Crippen LogP contribution in [0, 0.1) is 10.1 Å². The summed E-state index contributed by atoms with van der Waals surface area (Å²) in [4.78, 5) is 26.2. The van der Waals surface area contributed by atoms with Crippen LogP contribution >= 0.6 is 0 Å². The zero-order valence-corrected chi connectivity index (χ0v) is 17.3. The Morgan fingerprint density at radius 2 is 1.76 bits per heavy atom. The molecule has 0 unspecified atom stereocenters. The quantitative estimate of drug-likeness (QED) is 0.523. The molecular weight excluding hydrogens is 400 g/mol. The number of nitrogens with zero attached hydrogens (tertiary/aromatic N) is 4. The van der Waals surface area contributed by atoms with E-state index in [1.807, 2.05) is 0 Å². The molecule has 2 fully saturated rings. The highest BCUT2D eigenvalue weighted by Crippen LogP contribution is 2.33. The minimum absolute atomic E-state index is 0.0555. The molecule has 11 heteroatoms. The largest absolute Gasteiger partial charge is 0.450 e. The molecule has 0 aromatic heterocycles. The summed E-state index contributed by atoms with van der Waals surface area (Å²) in [5.74, 6) is 0. The Bertz CT molecular complexity index is 861. The summed E-state index contributed by atoms with van der Waals surface area (Å²) in [6.07, 6.45) is 2.18. The molecule has 0 aliphatic carbocycles. The van der Waals surface area contributed by atoms with E-state index in [1.54, 1.807) is 16.7 Å². The Hall–Kier alpha value is -2.40. The zero-order valence-electron chi connectivity index (χ0n) is 16.4. The molecule has 0 radical (unpaired) electrons. The van der Waals surface area contributed by atoms with Gasteiger partial charge in [0, 0.05) is 45.3 Å². The molecule has 29 heavy (non-hydrogen) atoms. The van der Waals surface area contributed by atoms with Crippen LogP contribution in [0.15, 0.2) is 23.1 Å². The fourth-order valence-corrected chi connectivity index (χ4v) is 5.21. The average molecular weight is 426 g/mol. The Morgan fingerprint density at radius 3 is 2.34 bits per heavy atom. The van der Waals surface area contributed by atoms with E-state index in [-0.39, 0.29) is 17.2 Å². The molecule has 160 valence electrons. The van der Waals surface area contributed by atoms with Crippen molar-refractivity contribution in [3.63, 3.8) is 0 Å². The average Bonchev–Trinajstić information content (AvgIpc) is 2.74. The van der Waals surface area contributed by atoms with Crippen molar-refractivity contribution >= 4 is 27.5 Å². The lowest BCUT2D eigenvalue weighted by atomic mass is 10.2. The molecule has 2 aliphatic rings. The molecule has 3 rings (SSSR count). The van der Waals surface area contributed by atoms with E-state index in [0.717, 1.165) is 25.3 Å². The second-order valence-corrected chi connectivity index (χ2v) is 8.98. The number of anilines is 1. The van der Waals surface area contributed by atoms with Gasteiger partial charge in [-0.2, -0.15) is 4.31 Å². The molecule has 1 aromatic rings. The van der Waals surface area contributed by atoms with Crippen molar-refractivity contribution in [1.29, 1.82) is 0 Å². The van der Waals surface area contributed by atoms with Gasteiger partial charge in [-0.25, -0.2) is 13.2 Å². The minimum Gasteiger partial charge on any atom is -0.450 e. The fraction of sp³-hybridized carbons (Fsp3) is 0.611. The van der Waals surface area contributed by atoms with Gasteiger partial charge in [-0.05, 0) is 31.9 Å². The molecular formula is C18H26N4O6S. The van der Waals surface area contributed by atoms with Gasteiger partial charge >= 0.3 is 6.09 Å². The highest BCUT2D eigenvalue weighted by Gasteiger charge is 2.31. The second kappa shape index (κ2) is 8.95. The maximum atomic E-state index is 12.9. The minimum atomic E-state index is -3.75. The van der Waals surface area contributed by atoms with Crippen LogP contribution in [0.25, 0.3) is 0 Å². The second-order valence-electron chi connectivity index (χ2n) is 7.05. The fourth-order valence-electron chi connectivity index (χ4n) is 3.68. The molecule has 2 saturated heterocycles. The summed E-state index contributed by atoms with van der Waals surface area (Å²) in [5.41, 5.74) is 0.115. The van der Waals surface area contributed by atoms with Crippen LogP contribution in [-0.4, -0.2) is 74.5 Å². The number of nitro groups is 1. The SMILES string of the molecule is CCOC(=O)N1CCN(c2ccc(S(=O)(=O)N3CCCCC3)cc2[N+](=O)[O-])CC1. The first-order valence-corrected chi connectivity index (χ1v) is 11.2. The highest BCUT2D eigenvalue weighted by molar-refractivity contribution is 7.89. The first kappa shape index (κ1) is 21.3. The topological polar surface area (TPSA) is 113 Å². The summed E-state index contributed by atoms with van der Waals surface area (Å²) in [5, 5.41) is 11.7. The zero-order chi connectivity index (χ0) is 21.0. The van der Waals surface area contributed by atoms with Gasteiger partial charge in [0.2, 0.25) is 10.0 Å². The highest BCUT2D eigenvalue weighted by atomic mass is 32.2. The van der Waals surface area contributed by atoms with Crippen LogP contribution in [0.1, 0.15) is 26.2 Å². The number of hydrogen-bond donors (Lipinski definition) is 0. The van der Waals surface area contributed by atoms with Crippen molar-refractivity contribution in [2.75, 3.05) is 50.8 Å². The molecule has 0 N–H and O–H groups in total. The van der Waals surface area contributed by atoms with E-state index in [9.17, 15) is 23.3 Å². The van der Waals surface area contributed by atoms with E-state index in [2.05, 4.69) is 0 Å². The number of carbonyl (C=O) groups excluding carboxylic acids is 1. The molecule has 1 aromatic carbocycles. The molecule has 0 spiro atoms. The van der Waals surface area contributed by atoms with Crippen molar-refractivity contribution in [2.45, 2.75) is 31.1 Å². The van der Waals surface area contributed by atoms with E-state index in [1.165, 1.54) is 16.4 Å². The number of carbonyl (C=O) groups is 1. The van der Waals surface area contributed by atoms with Crippen LogP contribution in [0.3, 0.4) is 0 Å². The third kappa shape index (κ3) is 4.61. The summed E-state index contributed by atoms with van der Waals surface area (Å²) < 4.78 is 32.1. The van der Waals surface area contributed by atoms with Gasteiger partial charge in [0.25, 0.3) is 5.69 Å². The summed E-state index contributed by atoms with van der Waals surface area (Å²) in [6, 6.07) is 4.08. The number of benzene rings is 1. The number of amides is 1. The Morgan fingerprint density at radius 1 is 1.10 bits per heavy atom. The molecule has 0 atom stereocenters. The smallest absolute Gasteiger partial charge is 0.409 e. The third-order valence-corrected chi connectivity index (χ3v) is 7.14. The van der Waals surface area contributed by atoms with Crippen molar-refractivity contribution in [2.24, 2.45) is 0 Å². The number of sulfonamides is 1. The monoisotopic (exact) mass is 426 g/mol. The summed E-state index contributed by atoms with van der Waals surface area (Å²) >= 11 is 0. The first-order valence-electron chi connectivity index (χ1n) is 9.80. The Kier molecular flexibility index (Phi) is 6.58. The molecule has 2 heterocycles. The normalized spacial score (nSPS) is 18.5. The predicted octanol–water partition coefficient (Wildman–Crippen LogP) is 2.05. The van der Waals surface area contributed by atoms with Crippen molar-refractivity contribution in [3.05, 3.63) is 28.3 Å². The van der Waals surface area contributed by atoms with Gasteiger partial charge in [0.15, 0.2) is 0 Å². The van der Waals surface area contributed by atoms with Gasteiger partial charge in [0.05, 0.1) is 16.4 Å². The van der Waals surface area contributed by atoms with E-state index in [0.29, 0.717) is 45.0 Å². The maximum Gasteiger partial charge on any atom is 0.409 e. The van der Waals surface area contributed by atoms with E-state index in [4.69, 9.17) is 4.74 Å². The maximum absolute atomic E-state index is 12.9. The third-order valence-electron chi connectivity index (χ3n) is 5.24. The predicted molar refractivity (Wildman–Crippen MR) is 107 cm³/mol. The van der Waals surface area contributed by atoms with Gasteiger partial charge < -0.3 is 14.5 Å². The van der Waals surface area contributed by atoms with Gasteiger partial charge in [-0.15, -0.1) is 0 Å². The lowest BCUT2D eigenvalue weighted by Gasteiger charge is -2.35. The standard InChI is InChI=1S/C18H26N4O6S/c1-2-28-18(23)20-12-10-19(11-13-20)16-7-6-15(14-17(16)22(24)25)29(26,27)21-8-4-3-5-9-21/h6-7,14H,2-5,8-13H2,1H3. The number of hydrogen-bond acceptors (Lipinski definition) is 7. The Balaban J connectivity index is 1.81. The van der Waals surface area contributed by atoms with Crippen LogP contribution in [0.5, 0.6) is 0 Å². The molecule has 1 amide bonds. The molecule has 0 saturated carbocycles. The summed E-state index contributed by atoms with van der Waals surface area (Å²) in [7, 11) is -3.75. The van der Waals surface area contributed by atoms with Crippen LogP contribution in [0.2, 0.25) is 0 Å². The number of piperidine rings is 1. The number of ether oxygens (including phenoxy) is 1. The summed E-state index contributed by atoms with van der Waals surface area (Å²) in [6.45, 7) is 4.46. The number of rotatable bonds is 5. The van der Waals surface area contributed by atoms with Gasteiger partial charge in [-0.3, -0.25) is 10.1 Å². The molecule has 10 nitrogen and oxygen atoms in total. The van der Waals surface area contributed by atoms with Crippen LogP contribution in [-0.2, 0) is 14.8 Å². The molecule has 2 aliphatic heterocycles. The Labute approximate surface area is 170 Å². The number of piperazine rings is 1. The van der Waals surface area contributed by atoms with Crippen molar-refractivity contribution < 1.29 is 22.9 Å². The lowest BCUT2D eigenvalue weighted by Crippen LogP contribution is -2.49. The van der Waals surface area contributed by atoms with Crippen LogP contribution in [0.4, 0.5) is 16.2 Å². The molecule has 0 bridgehead atoms. The van der Waals surface area contributed by atoms with Crippen LogP contribution < -0.4 is 4.90 Å². The van der Waals surface area contributed by atoms with E-state index >= 15 is 0 Å². The first-order chi connectivity index (χ1) is 13.8. The van der Waals surface area contributed by atoms with Crippen molar-refractivity contribution in [1.82, 2.24) is 9.21 Å². The lowest BCUT2D eigenvalue weighted by molar-refractivity contribution is -0.384. The number of nitro benzene ring substituents is 1.